The first-order valence-electron chi connectivity index (χ1n) is 8.66. The Morgan fingerprint density at radius 2 is 1.88 bits per heavy atom. The van der Waals surface area contributed by atoms with E-state index in [0.29, 0.717) is 36.0 Å². The summed E-state index contributed by atoms with van der Waals surface area (Å²) in [5.41, 5.74) is 1.58. The highest BCUT2D eigenvalue weighted by Crippen LogP contribution is 2.25. The molecule has 0 bridgehead atoms. The van der Waals surface area contributed by atoms with E-state index in [9.17, 15) is 9.59 Å². The highest BCUT2D eigenvalue weighted by Gasteiger charge is 2.39. The van der Waals surface area contributed by atoms with Crippen LogP contribution in [-0.4, -0.2) is 31.0 Å². The van der Waals surface area contributed by atoms with Crippen molar-refractivity contribution in [2.24, 2.45) is 0 Å². The van der Waals surface area contributed by atoms with E-state index in [0.717, 1.165) is 5.56 Å². The van der Waals surface area contributed by atoms with Crippen LogP contribution in [-0.2, 0) is 16.0 Å². The molecule has 0 saturated carbocycles. The minimum atomic E-state index is -0.503. The number of benzene rings is 2. The summed E-state index contributed by atoms with van der Waals surface area (Å²) in [6, 6.07) is 14.1. The van der Waals surface area contributed by atoms with Gasteiger partial charge in [-0.1, -0.05) is 29.8 Å². The number of amides is 2. The van der Waals surface area contributed by atoms with Gasteiger partial charge in [0.2, 0.25) is 5.91 Å². The third-order valence-corrected chi connectivity index (χ3v) is 4.66. The van der Waals surface area contributed by atoms with Gasteiger partial charge in [-0.25, -0.2) is 4.90 Å². The molecule has 0 spiro atoms. The van der Waals surface area contributed by atoms with Gasteiger partial charge in [-0.15, -0.1) is 0 Å². The third-order valence-electron chi connectivity index (χ3n) is 4.30. The molecule has 0 radical (unpaired) electrons. The van der Waals surface area contributed by atoms with Crippen molar-refractivity contribution in [2.45, 2.75) is 25.8 Å². The quantitative estimate of drug-likeness (QED) is 0.758. The van der Waals surface area contributed by atoms with E-state index in [1.165, 1.54) is 4.90 Å². The normalized spacial score (nSPS) is 17.0. The molecule has 5 nitrogen and oxygen atoms in total. The van der Waals surface area contributed by atoms with Gasteiger partial charge in [-0.05, 0) is 55.8 Å². The predicted octanol–water partition coefficient (Wildman–Crippen LogP) is 3.20. The second-order valence-electron chi connectivity index (χ2n) is 6.05. The van der Waals surface area contributed by atoms with Gasteiger partial charge in [0.1, 0.15) is 5.75 Å². The molecular formula is C20H21ClN2O3. The van der Waals surface area contributed by atoms with Crippen LogP contribution in [0, 0.1) is 0 Å². The topological polar surface area (TPSA) is 58.6 Å². The van der Waals surface area contributed by atoms with Crippen molar-refractivity contribution in [3.05, 3.63) is 59.1 Å². The third kappa shape index (κ3) is 4.06. The Morgan fingerprint density at radius 3 is 2.58 bits per heavy atom. The van der Waals surface area contributed by atoms with Gasteiger partial charge in [0, 0.05) is 5.02 Å². The van der Waals surface area contributed by atoms with E-state index in [4.69, 9.17) is 16.3 Å². The van der Waals surface area contributed by atoms with Crippen molar-refractivity contribution < 1.29 is 14.3 Å². The molecular weight excluding hydrogens is 352 g/mol. The molecule has 2 amide bonds. The van der Waals surface area contributed by atoms with E-state index < -0.39 is 6.04 Å². The number of ether oxygens (including phenoxy) is 1. The van der Waals surface area contributed by atoms with Gasteiger partial charge >= 0.3 is 0 Å². The fourth-order valence-electron chi connectivity index (χ4n) is 3.00. The van der Waals surface area contributed by atoms with E-state index >= 15 is 0 Å². The molecule has 3 rings (SSSR count). The van der Waals surface area contributed by atoms with E-state index in [2.05, 4.69) is 5.32 Å². The average molecular weight is 373 g/mol. The zero-order valence-electron chi connectivity index (χ0n) is 14.6. The second-order valence-corrected chi connectivity index (χ2v) is 6.45. The van der Waals surface area contributed by atoms with E-state index in [1.54, 1.807) is 24.3 Å². The second kappa shape index (κ2) is 8.34. The minimum Gasteiger partial charge on any atom is -0.494 e. The van der Waals surface area contributed by atoms with Gasteiger partial charge < -0.3 is 10.1 Å². The molecule has 0 aliphatic carbocycles. The molecule has 1 fully saturated rings. The highest BCUT2D eigenvalue weighted by molar-refractivity contribution is 6.31. The average Bonchev–Trinajstić information content (AvgIpc) is 2.91. The lowest BCUT2D eigenvalue weighted by Crippen LogP contribution is -2.39. The molecule has 2 aromatic rings. The number of halogens is 1. The standard InChI is InChI=1S/C20H21ClN2O3/c1-2-26-16-9-7-15(8-10-16)23-19(24)13-18(20(23)25)22-12-11-14-5-3-4-6-17(14)21/h3-10,18,22H,2,11-13H2,1H3/t18-/m1/s1. The Hall–Kier alpha value is -2.37. The van der Waals surface area contributed by atoms with Crippen LogP contribution in [0.25, 0.3) is 0 Å². The Balaban J connectivity index is 1.60. The Bertz CT molecular complexity index is 792. The van der Waals surface area contributed by atoms with Crippen LogP contribution in [0.3, 0.4) is 0 Å². The van der Waals surface area contributed by atoms with E-state index in [1.807, 2.05) is 31.2 Å². The molecule has 1 aliphatic heterocycles. The first kappa shape index (κ1) is 18.4. The zero-order valence-corrected chi connectivity index (χ0v) is 15.3. The molecule has 1 aliphatic rings. The Labute approximate surface area is 157 Å². The number of anilines is 1. The maximum Gasteiger partial charge on any atom is 0.251 e. The SMILES string of the molecule is CCOc1ccc(N2C(=O)C[C@@H](NCCc3ccccc3Cl)C2=O)cc1. The van der Waals surface area contributed by atoms with Crippen LogP contribution in [0.15, 0.2) is 48.5 Å². The number of imide groups is 1. The summed E-state index contributed by atoms with van der Waals surface area (Å²) in [7, 11) is 0. The number of carbonyl (C=O) groups is 2. The summed E-state index contributed by atoms with van der Waals surface area (Å²) in [6.45, 7) is 3.04. The summed E-state index contributed by atoms with van der Waals surface area (Å²) in [5.74, 6) is 0.289. The van der Waals surface area contributed by atoms with Crippen LogP contribution in [0.5, 0.6) is 5.75 Å². The first-order chi connectivity index (χ1) is 12.6. The minimum absolute atomic E-state index is 0.161. The smallest absolute Gasteiger partial charge is 0.251 e. The van der Waals surface area contributed by atoms with Crippen molar-refractivity contribution in [1.29, 1.82) is 0 Å². The van der Waals surface area contributed by atoms with Crippen LogP contribution in [0.2, 0.25) is 5.02 Å². The van der Waals surface area contributed by atoms with Gasteiger partial charge in [-0.3, -0.25) is 9.59 Å². The van der Waals surface area contributed by atoms with Crippen LogP contribution >= 0.6 is 11.6 Å². The lowest BCUT2D eigenvalue weighted by molar-refractivity contribution is -0.121. The molecule has 0 aromatic heterocycles. The fraction of sp³-hybridized carbons (Fsp3) is 0.300. The molecule has 1 heterocycles. The summed E-state index contributed by atoms with van der Waals surface area (Å²) in [6.07, 6.45) is 0.856. The van der Waals surface area contributed by atoms with Crippen molar-refractivity contribution >= 4 is 29.1 Å². The lowest BCUT2D eigenvalue weighted by Gasteiger charge is -2.16. The monoisotopic (exact) mass is 372 g/mol. The number of carbonyl (C=O) groups excluding carboxylic acids is 2. The number of nitrogens with one attached hydrogen (secondary N) is 1. The van der Waals surface area contributed by atoms with Crippen LogP contribution in [0.1, 0.15) is 18.9 Å². The molecule has 1 atom stereocenters. The number of hydrogen-bond acceptors (Lipinski definition) is 4. The van der Waals surface area contributed by atoms with Crippen LogP contribution in [0.4, 0.5) is 5.69 Å². The number of hydrogen-bond donors (Lipinski definition) is 1. The molecule has 26 heavy (non-hydrogen) atoms. The molecule has 1 N–H and O–H groups in total. The van der Waals surface area contributed by atoms with Gasteiger partial charge in [0.05, 0.1) is 24.8 Å². The maximum atomic E-state index is 12.6. The van der Waals surface area contributed by atoms with Gasteiger partial charge in [0.25, 0.3) is 5.91 Å². The van der Waals surface area contributed by atoms with Crippen LogP contribution < -0.4 is 15.0 Å². The molecule has 1 saturated heterocycles. The van der Waals surface area contributed by atoms with Gasteiger partial charge in [-0.2, -0.15) is 0 Å². The van der Waals surface area contributed by atoms with Crippen molar-refractivity contribution in [3.63, 3.8) is 0 Å². The zero-order chi connectivity index (χ0) is 18.5. The summed E-state index contributed by atoms with van der Waals surface area (Å²) in [5, 5.41) is 3.88. The van der Waals surface area contributed by atoms with Crippen molar-refractivity contribution in [2.75, 3.05) is 18.1 Å². The predicted molar refractivity (Wildman–Crippen MR) is 102 cm³/mol. The maximum absolute atomic E-state index is 12.6. The summed E-state index contributed by atoms with van der Waals surface area (Å²) < 4.78 is 5.39. The van der Waals surface area contributed by atoms with Gasteiger partial charge in [0.15, 0.2) is 0 Å². The largest absolute Gasteiger partial charge is 0.494 e. The number of rotatable bonds is 7. The summed E-state index contributed by atoms with van der Waals surface area (Å²) >= 11 is 6.14. The van der Waals surface area contributed by atoms with Crippen molar-refractivity contribution in [1.82, 2.24) is 5.32 Å². The number of nitrogens with zero attached hydrogens (tertiary/aromatic N) is 1. The summed E-state index contributed by atoms with van der Waals surface area (Å²) in [4.78, 5) is 26.2. The highest BCUT2D eigenvalue weighted by atomic mass is 35.5. The lowest BCUT2D eigenvalue weighted by atomic mass is 10.1. The fourth-order valence-corrected chi connectivity index (χ4v) is 3.23. The van der Waals surface area contributed by atoms with Crippen molar-refractivity contribution in [3.8, 4) is 5.75 Å². The molecule has 2 aromatic carbocycles. The van der Waals surface area contributed by atoms with E-state index in [-0.39, 0.29) is 18.2 Å². The molecule has 6 heteroatoms. The first-order valence-corrected chi connectivity index (χ1v) is 9.04. The Morgan fingerprint density at radius 1 is 1.15 bits per heavy atom. The molecule has 136 valence electrons. The molecule has 0 unspecified atom stereocenters. The Kier molecular flexibility index (Phi) is 5.91.